The average molecular weight is 323 g/mol. The lowest BCUT2D eigenvalue weighted by atomic mass is 10.1. The van der Waals surface area contributed by atoms with Gasteiger partial charge in [0.1, 0.15) is 0 Å². The van der Waals surface area contributed by atoms with Crippen LogP contribution in [-0.4, -0.2) is 12.2 Å². The van der Waals surface area contributed by atoms with Gasteiger partial charge in [0.25, 0.3) is 0 Å². The van der Waals surface area contributed by atoms with E-state index in [-0.39, 0.29) is 12.2 Å². The van der Waals surface area contributed by atoms with Crippen LogP contribution in [0.3, 0.4) is 0 Å². The Morgan fingerprint density at radius 1 is 0.895 bits per heavy atom. The highest BCUT2D eigenvalue weighted by Crippen LogP contribution is 2.42. The third kappa shape index (κ3) is 3.21. The summed E-state index contributed by atoms with van der Waals surface area (Å²) in [5.74, 6) is 1.59. The Balaban J connectivity index is 2.66. The van der Waals surface area contributed by atoms with Gasteiger partial charge in [-0.05, 0) is 55.1 Å². The first kappa shape index (κ1) is 14.2. The lowest BCUT2D eigenvalue weighted by Gasteiger charge is -2.20. The molecule has 0 aliphatic rings. The molecule has 0 fully saturated rings. The molecule has 0 amide bonds. The van der Waals surface area contributed by atoms with Gasteiger partial charge in [-0.1, -0.05) is 24.3 Å². The molecular formula is C16H19BrO2. The van der Waals surface area contributed by atoms with Crippen LogP contribution in [0.25, 0.3) is 10.8 Å². The molecule has 0 bridgehead atoms. The van der Waals surface area contributed by atoms with E-state index in [0.29, 0.717) is 0 Å². The van der Waals surface area contributed by atoms with E-state index in [9.17, 15) is 0 Å². The molecule has 0 heterocycles. The van der Waals surface area contributed by atoms with Crippen molar-refractivity contribution in [2.45, 2.75) is 39.9 Å². The van der Waals surface area contributed by atoms with E-state index in [4.69, 9.17) is 9.47 Å². The molecular weight excluding hydrogens is 304 g/mol. The smallest absolute Gasteiger partial charge is 0.176 e. The van der Waals surface area contributed by atoms with Gasteiger partial charge < -0.3 is 9.47 Å². The highest BCUT2D eigenvalue weighted by molar-refractivity contribution is 9.10. The molecule has 0 unspecified atom stereocenters. The molecule has 2 nitrogen and oxygen atoms in total. The van der Waals surface area contributed by atoms with Crippen molar-refractivity contribution in [3.63, 3.8) is 0 Å². The van der Waals surface area contributed by atoms with E-state index < -0.39 is 0 Å². The standard InChI is InChI=1S/C16H19BrO2/c1-10(2)18-15-13-8-6-5-7-12(13)9-14(17)16(15)19-11(3)4/h5-11H,1-4H3. The topological polar surface area (TPSA) is 18.5 Å². The van der Waals surface area contributed by atoms with Crippen LogP contribution in [0.5, 0.6) is 11.5 Å². The maximum absolute atomic E-state index is 5.99. The molecule has 2 aromatic rings. The number of halogens is 1. The second kappa shape index (κ2) is 5.83. The molecule has 0 saturated heterocycles. The summed E-state index contributed by atoms with van der Waals surface area (Å²) in [4.78, 5) is 0. The van der Waals surface area contributed by atoms with Crippen molar-refractivity contribution in [2.24, 2.45) is 0 Å². The number of fused-ring (bicyclic) bond motifs is 1. The van der Waals surface area contributed by atoms with E-state index in [1.165, 1.54) is 0 Å². The third-order valence-corrected chi connectivity index (χ3v) is 3.21. The van der Waals surface area contributed by atoms with Gasteiger partial charge in [-0.2, -0.15) is 0 Å². The second-order valence-corrected chi connectivity index (χ2v) is 5.93. The summed E-state index contributed by atoms with van der Waals surface area (Å²) in [6.45, 7) is 8.07. The van der Waals surface area contributed by atoms with Crippen molar-refractivity contribution in [3.8, 4) is 11.5 Å². The highest BCUT2D eigenvalue weighted by atomic mass is 79.9. The first-order valence-corrected chi connectivity index (χ1v) is 7.33. The van der Waals surface area contributed by atoms with E-state index in [2.05, 4.69) is 34.1 Å². The lowest BCUT2D eigenvalue weighted by molar-refractivity contribution is 0.200. The number of hydrogen-bond acceptors (Lipinski definition) is 2. The fourth-order valence-electron chi connectivity index (χ4n) is 1.96. The SMILES string of the molecule is CC(C)Oc1c(Br)cc2ccccc2c1OC(C)C. The van der Waals surface area contributed by atoms with Gasteiger partial charge in [-0.25, -0.2) is 0 Å². The molecule has 2 aromatic carbocycles. The van der Waals surface area contributed by atoms with Gasteiger partial charge in [0.05, 0.1) is 16.7 Å². The summed E-state index contributed by atoms with van der Waals surface area (Å²) in [7, 11) is 0. The van der Waals surface area contributed by atoms with Crippen LogP contribution in [-0.2, 0) is 0 Å². The molecule has 0 aliphatic carbocycles. The summed E-state index contributed by atoms with van der Waals surface area (Å²) in [6, 6.07) is 10.2. The van der Waals surface area contributed by atoms with Crippen LogP contribution in [0, 0.1) is 0 Å². The monoisotopic (exact) mass is 322 g/mol. The third-order valence-electron chi connectivity index (χ3n) is 2.62. The Morgan fingerprint density at radius 3 is 2.11 bits per heavy atom. The quantitative estimate of drug-likeness (QED) is 0.772. The van der Waals surface area contributed by atoms with Crippen LogP contribution in [0.15, 0.2) is 34.8 Å². The second-order valence-electron chi connectivity index (χ2n) is 5.07. The minimum Gasteiger partial charge on any atom is -0.486 e. The number of benzene rings is 2. The van der Waals surface area contributed by atoms with Crippen molar-refractivity contribution in [3.05, 3.63) is 34.8 Å². The average Bonchev–Trinajstić information content (AvgIpc) is 2.32. The Kier molecular flexibility index (Phi) is 4.35. The maximum atomic E-state index is 5.99. The summed E-state index contributed by atoms with van der Waals surface area (Å²) in [5.41, 5.74) is 0. The molecule has 0 atom stereocenters. The predicted octanol–water partition coefficient (Wildman–Crippen LogP) is 5.18. The van der Waals surface area contributed by atoms with Crippen molar-refractivity contribution < 1.29 is 9.47 Å². The molecule has 3 heteroatoms. The molecule has 0 aromatic heterocycles. The summed E-state index contributed by atoms with van der Waals surface area (Å²) >= 11 is 3.58. The van der Waals surface area contributed by atoms with Crippen molar-refractivity contribution in [1.82, 2.24) is 0 Å². The minimum atomic E-state index is 0.104. The van der Waals surface area contributed by atoms with Crippen LogP contribution < -0.4 is 9.47 Å². The van der Waals surface area contributed by atoms with Crippen molar-refractivity contribution >= 4 is 26.7 Å². The Bertz CT molecular complexity index is 576. The molecule has 102 valence electrons. The molecule has 2 rings (SSSR count). The Hall–Kier alpha value is -1.22. The van der Waals surface area contributed by atoms with Gasteiger partial charge in [0.2, 0.25) is 0 Å². The first-order valence-electron chi connectivity index (χ1n) is 6.53. The summed E-state index contributed by atoms with van der Waals surface area (Å²) in [6.07, 6.45) is 0.208. The van der Waals surface area contributed by atoms with E-state index in [1.54, 1.807) is 0 Å². The predicted molar refractivity (Wildman–Crippen MR) is 83.2 cm³/mol. The van der Waals surface area contributed by atoms with Gasteiger partial charge in [-0.3, -0.25) is 0 Å². The molecule has 0 saturated carbocycles. The number of hydrogen-bond donors (Lipinski definition) is 0. The van der Waals surface area contributed by atoms with Crippen molar-refractivity contribution in [2.75, 3.05) is 0 Å². The zero-order valence-corrected chi connectivity index (χ0v) is 13.3. The van der Waals surface area contributed by atoms with E-state index >= 15 is 0 Å². The zero-order chi connectivity index (χ0) is 14.0. The van der Waals surface area contributed by atoms with E-state index in [1.807, 2.05) is 39.8 Å². The number of rotatable bonds is 4. The van der Waals surface area contributed by atoms with Gasteiger partial charge in [0.15, 0.2) is 11.5 Å². The van der Waals surface area contributed by atoms with E-state index in [0.717, 1.165) is 26.7 Å². The fourth-order valence-corrected chi connectivity index (χ4v) is 2.48. The molecule has 0 aliphatic heterocycles. The number of ether oxygens (including phenoxy) is 2. The minimum absolute atomic E-state index is 0.104. The van der Waals surface area contributed by atoms with Gasteiger partial charge in [-0.15, -0.1) is 0 Å². The van der Waals surface area contributed by atoms with Crippen LogP contribution in [0.2, 0.25) is 0 Å². The van der Waals surface area contributed by atoms with Crippen LogP contribution >= 0.6 is 15.9 Å². The first-order chi connectivity index (χ1) is 8.99. The molecule has 19 heavy (non-hydrogen) atoms. The summed E-state index contributed by atoms with van der Waals surface area (Å²) in [5, 5.41) is 2.22. The zero-order valence-electron chi connectivity index (χ0n) is 11.7. The van der Waals surface area contributed by atoms with Crippen LogP contribution in [0.1, 0.15) is 27.7 Å². The van der Waals surface area contributed by atoms with Gasteiger partial charge in [0, 0.05) is 5.39 Å². The lowest BCUT2D eigenvalue weighted by Crippen LogP contribution is -2.11. The Labute approximate surface area is 122 Å². The summed E-state index contributed by atoms with van der Waals surface area (Å²) < 4.78 is 12.8. The van der Waals surface area contributed by atoms with Crippen molar-refractivity contribution in [1.29, 1.82) is 0 Å². The molecule has 0 N–H and O–H groups in total. The maximum Gasteiger partial charge on any atom is 0.176 e. The largest absolute Gasteiger partial charge is 0.486 e. The van der Waals surface area contributed by atoms with Crippen LogP contribution in [0.4, 0.5) is 0 Å². The fraction of sp³-hybridized carbons (Fsp3) is 0.375. The highest BCUT2D eigenvalue weighted by Gasteiger charge is 2.17. The Morgan fingerprint density at radius 2 is 1.47 bits per heavy atom. The molecule has 0 radical (unpaired) electrons. The molecule has 0 spiro atoms. The van der Waals surface area contributed by atoms with Gasteiger partial charge >= 0.3 is 0 Å². The normalized spacial score (nSPS) is 11.3.